The molecule has 0 atom stereocenters. The first-order valence-electron chi connectivity index (χ1n) is 5.86. The number of hydrogen-bond donors (Lipinski definition) is 1. The van der Waals surface area contributed by atoms with Crippen LogP contribution in [0.25, 0.3) is 0 Å². The van der Waals surface area contributed by atoms with Crippen molar-refractivity contribution in [3.05, 3.63) is 0 Å². The summed E-state index contributed by atoms with van der Waals surface area (Å²) in [6.45, 7) is 9.04. The summed E-state index contributed by atoms with van der Waals surface area (Å²) in [4.78, 5) is 14.0. The minimum absolute atomic E-state index is 0.168. The summed E-state index contributed by atoms with van der Waals surface area (Å²) in [6.07, 6.45) is 2.42. The van der Waals surface area contributed by atoms with Crippen molar-refractivity contribution in [1.29, 1.82) is 0 Å². The van der Waals surface area contributed by atoms with E-state index in [0.717, 1.165) is 19.6 Å². The Labute approximate surface area is 93.2 Å². The monoisotopic (exact) mass is 212 g/mol. The summed E-state index contributed by atoms with van der Waals surface area (Å²) in [7, 11) is 2.16. The summed E-state index contributed by atoms with van der Waals surface area (Å²) in [5.41, 5.74) is -0.258. The SMILES string of the molecule is CN1CCC(CNC(=O)C(C)(C)C)CC1. The Kier molecular flexibility index (Phi) is 4.14. The van der Waals surface area contributed by atoms with E-state index in [2.05, 4.69) is 17.3 Å². The Balaban J connectivity index is 2.23. The molecule has 0 saturated carbocycles. The van der Waals surface area contributed by atoms with E-state index in [-0.39, 0.29) is 11.3 Å². The third-order valence-corrected chi connectivity index (χ3v) is 3.07. The highest BCUT2D eigenvalue weighted by molar-refractivity contribution is 5.81. The third-order valence-electron chi connectivity index (χ3n) is 3.07. The van der Waals surface area contributed by atoms with E-state index >= 15 is 0 Å². The van der Waals surface area contributed by atoms with Crippen molar-refractivity contribution in [3.63, 3.8) is 0 Å². The lowest BCUT2D eigenvalue weighted by atomic mass is 9.93. The minimum atomic E-state index is -0.258. The molecule has 15 heavy (non-hydrogen) atoms. The molecule has 0 bridgehead atoms. The fourth-order valence-corrected chi connectivity index (χ4v) is 1.77. The maximum Gasteiger partial charge on any atom is 0.225 e. The van der Waals surface area contributed by atoms with Gasteiger partial charge >= 0.3 is 0 Å². The maximum absolute atomic E-state index is 11.7. The van der Waals surface area contributed by atoms with Crippen molar-refractivity contribution < 1.29 is 4.79 Å². The molecule has 1 rings (SSSR count). The molecule has 0 unspecified atom stereocenters. The number of hydrogen-bond acceptors (Lipinski definition) is 2. The van der Waals surface area contributed by atoms with Crippen LogP contribution in [0.3, 0.4) is 0 Å². The van der Waals surface area contributed by atoms with Gasteiger partial charge in [0.1, 0.15) is 0 Å². The van der Waals surface area contributed by atoms with E-state index in [1.165, 1.54) is 12.8 Å². The number of nitrogens with one attached hydrogen (secondary N) is 1. The molecule has 0 aromatic rings. The summed E-state index contributed by atoms with van der Waals surface area (Å²) < 4.78 is 0. The first kappa shape index (κ1) is 12.5. The lowest BCUT2D eigenvalue weighted by Gasteiger charge is -2.29. The highest BCUT2D eigenvalue weighted by atomic mass is 16.2. The summed E-state index contributed by atoms with van der Waals surface area (Å²) >= 11 is 0. The summed E-state index contributed by atoms with van der Waals surface area (Å²) in [5, 5.41) is 3.05. The second kappa shape index (κ2) is 4.97. The highest BCUT2D eigenvalue weighted by Crippen LogP contribution is 2.16. The molecule has 0 radical (unpaired) electrons. The lowest BCUT2D eigenvalue weighted by Crippen LogP contribution is -2.40. The Morgan fingerprint density at radius 2 is 1.87 bits per heavy atom. The molecule has 0 spiro atoms. The van der Waals surface area contributed by atoms with Crippen LogP contribution in [0.2, 0.25) is 0 Å². The van der Waals surface area contributed by atoms with E-state index in [9.17, 15) is 4.79 Å². The maximum atomic E-state index is 11.7. The van der Waals surface area contributed by atoms with Crippen molar-refractivity contribution in [2.75, 3.05) is 26.7 Å². The number of carbonyl (C=O) groups excluding carboxylic acids is 1. The predicted octanol–water partition coefficient (Wildman–Crippen LogP) is 1.49. The van der Waals surface area contributed by atoms with E-state index in [1.54, 1.807) is 0 Å². The minimum Gasteiger partial charge on any atom is -0.355 e. The van der Waals surface area contributed by atoms with E-state index in [1.807, 2.05) is 20.8 Å². The molecule has 0 aromatic carbocycles. The molecule has 1 amide bonds. The van der Waals surface area contributed by atoms with Crippen LogP contribution in [0.5, 0.6) is 0 Å². The standard InChI is InChI=1S/C12H24N2O/c1-12(2,3)11(15)13-9-10-5-7-14(4)8-6-10/h10H,5-9H2,1-4H3,(H,13,15). The summed E-state index contributed by atoms with van der Waals surface area (Å²) in [6, 6.07) is 0. The molecule has 1 heterocycles. The van der Waals surface area contributed by atoms with Crippen LogP contribution in [0.15, 0.2) is 0 Å². The first-order valence-corrected chi connectivity index (χ1v) is 5.86. The van der Waals surface area contributed by atoms with Crippen molar-refractivity contribution in [3.8, 4) is 0 Å². The predicted molar refractivity (Wildman–Crippen MR) is 62.7 cm³/mol. The van der Waals surface area contributed by atoms with Gasteiger partial charge in [0.2, 0.25) is 5.91 Å². The van der Waals surface area contributed by atoms with Gasteiger partial charge in [0.25, 0.3) is 0 Å². The van der Waals surface area contributed by atoms with Crippen molar-refractivity contribution in [2.24, 2.45) is 11.3 Å². The molecule has 0 aromatic heterocycles. The topological polar surface area (TPSA) is 32.3 Å². The van der Waals surface area contributed by atoms with Gasteiger partial charge in [-0.1, -0.05) is 20.8 Å². The van der Waals surface area contributed by atoms with Crippen LogP contribution in [0.1, 0.15) is 33.6 Å². The Morgan fingerprint density at radius 3 is 2.33 bits per heavy atom. The molecule has 0 aliphatic carbocycles. The molecular weight excluding hydrogens is 188 g/mol. The average molecular weight is 212 g/mol. The van der Waals surface area contributed by atoms with Gasteiger partial charge in [-0.3, -0.25) is 4.79 Å². The number of rotatable bonds is 2. The Morgan fingerprint density at radius 1 is 1.33 bits per heavy atom. The molecule has 3 nitrogen and oxygen atoms in total. The van der Waals surface area contributed by atoms with Crippen LogP contribution in [-0.2, 0) is 4.79 Å². The highest BCUT2D eigenvalue weighted by Gasteiger charge is 2.23. The number of likely N-dealkylation sites (tertiary alicyclic amines) is 1. The normalized spacial score (nSPS) is 20.3. The van der Waals surface area contributed by atoms with Crippen LogP contribution >= 0.6 is 0 Å². The second-order valence-electron chi connectivity index (χ2n) is 5.71. The molecule has 1 aliphatic rings. The third kappa shape index (κ3) is 4.20. The van der Waals surface area contributed by atoms with Gasteiger partial charge in [-0.2, -0.15) is 0 Å². The van der Waals surface area contributed by atoms with Crippen LogP contribution in [-0.4, -0.2) is 37.5 Å². The zero-order chi connectivity index (χ0) is 11.5. The summed E-state index contributed by atoms with van der Waals surface area (Å²) in [5.74, 6) is 0.842. The van der Waals surface area contributed by atoms with Crippen LogP contribution < -0.4 is 5.32 Å². The fraction of sp³-hybridized carbons (Fsp3) is 0.917. The van der Waals surface area contributed by atoms with Gasteiger partial charge < -0.3 is 10.2 Å². The molecule has 1 N–H and O–H groups in total. The zero-order valence-electron chi connectivity index (χ0n) is 10.5. The van der Waals surface area contributed by atoms with Crippen molar-refractivity contribution in [2.45, 2.75) is 33.6 Å². The molecular formula is C12H24N2O. The largest absolute Gasteiger partial charge is 0.355 e. The Bertz CT molecular complexity index is 212. The lowest BCUT2D eigenvalue weighted by molar-refractivity contribution is -0.128. The van der Waals surface area contributed by atoms with Gasteiger partial charge in [-0.25, -0.2) is 0 Å². The van der Waals surface area contributed by atoms with Gasteiger partial charge in [0.15, 0.2) is 0 Å². The quantitative estimate of drug-likeness (QED) is 0.752. The zero-order valence-corrected chi connectivity index (χ0v) is 10.5. The van der Waals surface area contributed by atoms with Gasteiger partial charge in [0.05, 0.1) is 0 Å². The molecule has 1 aliphatic heterocycles. The smallest absolute Gasteiger partial charge is 0.225 e. The fourth-order valence-electron chi connectivity index (χ4n) is 1.77. The van der Waals surface area contributed by atoms with E-state index in [4.69, 9.17) is 0 Å². The van der Waals surface area contributed by atoms with E-state index < -0.39 is 0 Å². The van der Waals surface area contributed by atoms with Gasteiger partial charge in [0, 0.05) is 12.0 Å². The van der Waals surface area contributed by atoms with Gasteiger partial charge in [-0.15, -0.1) is 0 Å². The number of piperidine rings is 1. The van der Waals surface area contributed by atoms with Crippen molar-refractivity contribution in [1.82, 2.24) is 10.2 Å². The van der Waals surface area contributed by atoms with Crippen LogP contribution in [0.4, 0.5) is 0 Å². The molecule has 3 heteroatoms. The molecule has 1 saturated heterocycles. The Hall–Kier alpha value is -0.570. The van der Waals surface area contributed by atoms with E-state index in [0.29, 0.717) is 5.92 Å². The molecule has 1 fully saturated rings. The first-order chi connectivity index (χ1) is 6.89. The molecule has 88 valence electrons. The average Bonchev–Trinajstić information content (AvgIpc) is 2.15. The number of nitrogens with zero attached hydrogens (tertiary/aromatic N) is 1. The van der Waals surface area contributed by atoms with Gasteiger partial charge in [-0.05, 0) is 38.9 Å². The van der Waals surface area contributed by atoms with Crippen LogP contribution in [0, 0.1) is 11.3 Å². The number of carbonyl (C=O) groups is 1. The number of amides is 1. The van der Waals surface area contributed by atoms with Crippen molar-refractivity contribution >= 4 is 5.91 Å². The second-order valence-corrected chi connectivity index (χ2v) is 5.71.